The highest BCUT2D eigenvalue weighted by Crippen LogP contribution is 2.07. The van der Waals surface area contributed by atoms with Gasteiger partial charge in [0.1, 0.15) is 5.69 Å². The SMILES string of the molecule is O=C(c1cscn1)N1CCOCC1. The van der Waals surface area contributed by atoms with E-state index in [1.54, 1.807) is 15.8 Å². The van der Waals surface area contributed by atoms with E-state index in [0.717, 1.165) is 0 Å². The first-order valence-electron chi connectivity index (χ1n) is 4.13. The standard InChI is InChI=1S/C8H10N2O2S/c11-8(7-5-13-6-9-7)10-1-3-12-4-2-10/h5-6H,1-4H2. The van der Waals surface area contributed by atoms with Gasteiger partial charge in [-0.2, -0.15) is 0 Å². The molecule has 2 heterocycles. The van der Waals surface area contributed by atoms with Gasteiger partial charge in [0.2, 0.25) is 0 Å². The zero-order chi connectivity index (χ0) is 9.10. The van der Waals surface area contributed by atoms with Crippen molar-refractivity contribution in [1.29, 1.82) is 0 Å². The summed E-state index contributed by atoms with van der Waals surface area (Å²) >= 11 is 1.44. The molecule has 0 bridgehead atoms. The molecule has 1 fully saturated rings. The lowest BCUT2D eigenvalue weighted by atomic mass is 10.3. The molecule has 1 saturated heterocycles. The van der Waals surface area contributed by atoms with Gasteiger partial charge in [-0.25, -0.2) is 4.98 Å². The van der Waals surface area contributed by atoms with Crippen LogP contribution in [0, 0.1) is 0 Å². The third kappa shape index (κ3) is 1.87. The Bertz CT molecular complexity index is 280. The Balaban J connectivity index is 2.04. The normalized spacial score (nSPS) is 17.4. The number of morpholine rings is 1. The van der Waals surface area contributed by atoms with Gasteiger partial charge in [0.15, 0.2) is 0 Å². The van der Waals surface area contributed by atoms with Gasteiger partial charge in [-0.15, -0.1) is 11.3 Å². The quantitative estimate of drug-likeness (QED) is 0.664. The Morgan fingerprint density at radius 1 is 1.54 bits per heavy atom. The van der Waals surface area contributed by atoms with E-state index < -0.39 is 0 Å². The molecule has 0 radical (unpaired) electrons. The molecule has 13 heavy (non-hydrogen) atoms. The predicted octanol–water partition coefficient (Wildman–Crippen LogP) is 0.616. The van der Waals surface area contributed by atoms with Gasteiger partial charge in [0, 0.05) is 18.5 Å². The summed E-state index contributed by atoms with van der Waals surface area (Å²) in [5.74, 6) is 0.0181. The van der Waals surface area contributed by atoms with Crippen LogP contribution in [0.15, 0.2) is 10.9 Å². The van der Waals surface area contributed by atoms with Crippen LogP contribution in [0.5, 0.6) is 0 Å². The third-order valence-electron chi connectivity index (χ3n) is 1.95. The largest absolute Gasteiger partial charge is 0.378 e. The minimum atomic E-state index is 0.0181. The summed E-state index contributed by atoms with van der Waals surface area (Å²) in [5, 5.41) is 1.78. The average molecular weight is 198 g/mol. The van der Waals surface area contributed by atoms with E-state index in [-0.39, 0.29) is 5.91 Å². The van der Waals surface area contributed by atoms with Crippen molar-refractivity contribution in [3.8, 4) is 0 Å². The van der Waals surface area contributed by atoms with Crippen LogP contribution in [-0.4, -0.2) is 42.1 Å². The third-order valence-corrected chi connectivity index (χ3v) is 2.54. The fourth-order valence-electron chi connectivity index (χ4n) is 1.25. The van der Waals surface area contributed by atoms with Crippen LogP contribution >= 0.6 is 11.3 Å². The zero-order valence-corrected chi connectivity index (χ0v) is 7.92. The number of carbonyl (C=O) groups is 1. The number of ether oxygens (including phenoxy) is 1. The number of nitrogens with zero attached hydrogens (tertiary/aromatic N) is 2. The van der Waals surface area contributed by atoms with Crippen LogP contribution in [-0.2, 0) is 4.74 Å². The van der Waals surface area contributed by atoms with E-state index >= 15 is 0 Å². The molecular formula is C8H10N2O2S. The predicted molar refractivity (Wildman–Crippen MR) is 48.8 cm³/mol. The molecule has 0 unspecified atom stereocenters. The van der Waals surface area contributed by atoms with Crippen LogP contribution in [0.25, 0.3) is 0 Å². The fraction of sp³-hybridized carbons (Fsp3) is 0.500. The van der Waals surface area contributed by atoms with Gasteiger partial charge in [0.05, 0.1) is 18.7 Å². The molecule has 0 atom stereocenters. The Morgan fingerprint density at radius 3 is 2.92 bits per heavy atom. The Kier molecular flexibility index (Phi) is 2.56. The lowest BCUT2D eigenvalue weighted by Crippen LogP contribution is -2.40. The van der Waals surface area contributed by atoms with Crippen molar-refractivity contribution in [2.75, 3.05) is 26.3 Å². The second-order valence-electron chi connectivity index (χ2n) is 2.78. The number of hydrogen-bond donors (Lipinski definition) is 0. The molecule has 1 aromatic heterocycles. The minimum Gasteiger partial charge on any atom is -0.378 e. The van der Waals surface area contributed by atoms with Crippen molar-refractivity contribution in [1.82, 2.24) is 9.88 Å². The fourth-order valence-corrected chi connectivity index (χ4v) is 1.77. The molecule has 0 spiro atoms. The van der Waals surface area contributed by atoms with Crippen molar-refractivity contribution in [3.63, 3.8) is 0 Å². The summed E-state index contributed by atoms with van der Waals surface area (Å²) in [6, 6.07) is 0. The van der Waals surface area contributed by atoms with Gasteiger partial charge in [-0.1, -0.05) is 0 Å². The molecule has 4 nitrogen and oxygen atoms in total. The molecule has 2 rings (SSSR count). The van der Waals surface area contributed by atoms with Crippen LogP contribution in [0.2, 0.25) is 0 Å². The van der Waals surface area contributed by atoms with Crippen molar-refractivity contribution in [2.45, 2.75) is 0 Å². The van der Waals surface area contributed by atoms with Crippen LogP contribution < -0.4 is 0 Å². The molecule has 0 aliphatic carbocycles. The van der Waals surface area contributed by atoms with Crippen molar-refractivity contribution in [3.05, 3.63) is 16.6 Å². The first-order chi connectivity index (χ1) is 6.38. The van der Waals surface area contributed by atoms with E-state index in [1.165, 1.54) is 11.3 Å². The maximum absolute atomic E-state index is 11.7. The number of rotatable bonds is 1. The lowest BCUT2D eigenvalue weighted by Gasteiger charge is -2.25. The van der Waals surface area contributed by atoms with Crippen molar-refractivity contribution >= 4 is 17.2 Å². The number of carbonyl (C=O) groups excluding carboxylic acids is 1. The van der Waals surface area contributed by atoms with E-state index in [4.69, 9.17) is 4.74 Å². The van der Waals surface area contributed by atoms with Crippen molar-refractivity contribution in [2.24, 2.45) is 0 Å². The average Bonchev–Trinajstić information content (AvgIpc) is 2.71. The topological polar surface area (TPSA) is 42.4 Å². The number of thiazole rings is 1. The van der Waals surface area contributed by atoms with E-state index in [9.17, 15) is 4.79 Å². The zero-order valence-electron chi connectivity index (χ0n) is 7.10. The summed E-state index contributed by atoms with van der Waals surface area (Å²) in [6.07, 6.45) is 0. The first-order valence-corrected chi connectivity index (χ1v) is 5.07. The molecule has 70 valence electrons. The molecule has 0 aromatic carbocycles. The highest BCUT2D eigenvalue weighted by Gasteiger charge is 2.19. The van der Waals surface area contributed by atoms with E-state index in [2.05, 4.69) is 4.98 Å². The van der Waals surface area contributed by atoms with Crippen LogP contribution in [0.1, 0.15) is 10.5 Å². The second-order valence-corrected chi connectivity index (χ2v) is 3.50. The molecule has 1 aliphatic rings. The Labute approximate surface area is 80.1 Å². The van der Waals surface area contributed by atoms with Gasteiger partial charge in [0.25, 0.3) is 5.91 Å². The molecule has 0 N–H and O–H groups in total. The lowest BCUT2D eigenvalue weighted by molar-refractivity contribution is 0.0299. The van der Waals surface area contributed by atoms with Crippen LogP contribution in [0.4, 0.5) is 0 Å². The van der Waals surface area contributed by atoms with Gasteiger partial charge < -0.3 is 9.64 Å². The molecule has 1 aromatic rings. The smallest absolute Gasteiger partial charge is 0.273 e. The number of amides is 1. The summed E-state index contributed by atoms with van der Waals surface area (Å²) in [7, 11) is 0. The molecule has 1 aliphatic heterocycles. The molecule has 5 heteroatoms. The Hall–Kier alpha value is -0.940. The highest BCUT2D eigenvalue weighted by atomic mass is 32.1. The second kappa shape index (κ2) is 3.85. The number of hydrogen-bond acceptors (Lipinski definition) is 4. The maximum atomic E-state index is 11.7. The van der Waals surface area contributed by atoms with Crippen LogP contribution in [0.3, 0.4) is 0 Å². The van der Waals surface area contributed by atoms with Gasteiger partial charge in [-0.05, 0) is 0 Å². The first kappa shape index (κ1) is 8.65. The number of aromatic nitrogens is 1. The van der Waals surface area contributed by atoms with Crippen molar-refractivity contribution < 1.29 is 9.53 Å². The summed E-state index contributed by atoms with van der Waals surface area (Å²) in [6.45, 7) is 2.62. The van der Waals surface area contributed by atoms with E-state index in [0.29, 0.717) is 32.0 Å². The molecule has 1 amide bonds. The summed E-state index contributed by atoms with van der Waals surface area (Å²) in [5.41, 5.74) is 2.22. The van der Waals surface area contributed by atoms with E-state index in [1.807, 2.05) is 0 Å². The summed E-state index contributed by atoms with van der Waals surface area (Å²) in [4.78, 5) is 17.4. The summed E-state index contributed by atoms with van der Waals surface area (Å²) < 4.78 is 5.16. The minimum absolute atomic E-state index is 0.0181. The monoisotopic (exact) mass is 198 g/mol. The molecular weight excluding hydrogens is 188 g/mol. The molecule has 0 saturated carbocycles. The van der Waals surface area contributed by atoms with Gasteiger partial charge in [-0.3, -0.25) is 4.79 Å². The maximum Gasteiger partial charge on any atom is 0.273 e. The van der Waals surface area contributed by atoms with Gasteiger partial charge >= 0.3 is 0 Å². The highest BCUT2D eigenvalue weighted by molar-refractivity contribution is 7.07. The Morgan fingerprint density at radius 2 is 2.31 bits per heavy atom.